The van der Waals surface area contributed by atoms with Crippen molar-refractivity contribution in [3.05, 3.63) is 0 Å². The topological polar surface area (TPSA) is 9.23 Å². The van der Waals surface area contributed by atoms with Crippen LogP contribution >= 0.6 is 47.8 Å². The maximum atomic E-state index is 5.09. The van der Waals surface area contributed by atoms with Gasteiger partial charge in [-0.25, -0.2) is 0 Å². The molecule has 0 aliphatic heterocycles. The van der Waals surface area contributed by atoms with Crippen LogP contribution in [-0.4, -0.2) is 7.74 Å². The van der Waals surface area contributed by atoms with Gasteiger partial charge in [0.2, 0.25) is 0 Å². The number of alkyl halides is 3. The van der Waals surface area contributed by atoms with E-state index < -0.39 is 3.42 Å². The Kier molecular flexibility index (Phi) is 4.54. The maximum absolute atomic E-state index is 5.09. The van der Waals surface area contributed by atoms with Crippen molar-refractivity contribution in [1.82, 2.24) is 0 Å². The van der Waals surface area contributed by atoms with Crippen molar-refractivity contribution in [2.24, 2.45) is 0 Å². The van der Waals surface area contributed by atoms with E-state index in [1.54, 1.807) is 20.8 Å². The van der Waals surface area contributed by atoms with Gasteiger partial charge in [0.05, 0.1) is 0 Å². The van der Waals surface area contributed by atoms with E-state index in [2.05, 4.69) is 47.8 Å². The molecule has 0 aliphatic carbocycles. The molecular weight excluding hydrogens is 352 g/mol. The van der Waals surface area contributed by atoms with Crippen molar-refractivity contribution in [3.63, 3.8) is 0 Å². The number of rotatable bonds is 2. The van der Waals surface area contributed by atoms with E-state index in [-0.39, 0.29) is 4.32 Å². The van der Waals surface area contributed by atoms with Crippen molar-refractivity contribution < 1.29 is 24.1 Å². The van der Waals surface area contributed by atoms with Crippen molar-refractivity contribution in [2.75, 3.05) is 0 Å². The summed E-state index contributed by atoms with van der Waals surface area (Å²) in [5, 5.41) is 0. The van der Waals surface area contributed by atoms with E-state index in [0.717, 1.165) is 0 Å². The summed E-state index contributed by atoms with van der Waals surface area (Å²) in [6, 6.07) is 0. The summed E-state index contributed by atoms with van der Waals surface area (Å²) in [5.74, 6) is 0. The van der Waals surface area contributed by atoms with Gasteiger partial charge in [0.1, 0.15) is 0 Å². The van der Waals surface area contributed by atoms with Crippen LogP contribution in [0.15, 0.2) is 0 Å². The van der Waals surface area contributed by atoms with Gasteiger partial charge in [0.25, 0.3) is 0 Å². The summed E-state index contributed by atoms with van der Waals surface area (Å²) in [6.07, 6.45) is 0. The first-order valence-corrected chi connectivity index (χ1v) is 5.24. The van der Waals surface area contributed by atoms with Crippen molar-refractivity contribution in [2.45, 2.75) is 21.6 Å². The van der Waals surface area contributed by atoms with Crippen LogP contribution in [0.4, 0.5) is 0 Å². The molecule has 0 rings (SSSR count). The summed E-state index contributed by atoms with van der Waals surface area (Å²) in [4.78, 5) is 0. The quantitative estimate of drug-likeness (QED) is 0.545. The fourth-order valence-corrected chi connectivity index (χ4v) is 0.834. The Morgan fingerprint density at radius 3 is 1.56 bits per heavy atom. The number of halogens is 3. The molecule has 0 unspecified atom stereocenters. The van der Waals surface area contributed by atoms with Crippen molar-refractivity contribution in [1.29, 1.82) is 0 Å². The molecule has 0 aliphatic rings. The van der Waals surface area contributed by atoms with Gasteiger partial charge < -0.3 is 0 Å². The molecule has 0 bridgehead atoms. The average Bonchev–Trinajstić information content (AvgIpc) is 1.64. The van der Waals surface area contributed by atoms with Crippen LogP contribution in [0.3, 0.4) is 0 Å². The Hall–Kier alpha value is 2.11. The molecular formula is C4H6Br3OTi. The summed E-state index contributed by atoms with van der Waals surface area (Å²) in [5.41, 5.74) is 0. The van der Waals surface area contributed by atoms with Gasteiger partial charge >= 0.3 is 93.5 Å². The molecule has 9 heavy (non-hydrogen) atoms. The van der Waals surface area contributed by atoms with Gasteiger partial charge in [-0.2, -0.15) is 0 Å². The van der Waals surface area contributed by atoms with E-state index in [4.69, 9.17) is 3.32 Å². The SMILES string of the molecule is CC(C)(Br)C(Br)(Br)[O][Ti]. The molecule has 0 N–H and O–H groups in total. The Labute approximate surface area is 92.6 Å². The van der Waals surface area contributed by atoms with Gasteiger partial charge in [-0.15, -0.1) is 0 Å². The van der Waals surface area contributed by atoms with Crippen LogP contribution in [0, 0.1) is 0 Å². The Bertz CT molecular complexity index is 98.5. The van der Waals surface area contributed by atoms with Gasteiger partial charge in [-0.05, 0) is 0 Å². The average molecular weight is 358 g/mol. The first kappa shape index (κ1) is 11.1. The Morgan fingerprint density at radius 1 is 1.22 bits per heavy atom. The molecule has 53 valence electrons. The molecule has 5 heteroatoms. The zero-order valence-corrected chi connectivity index (χ0v) is 11.4. The second kappa shape index (κ2) is 3.68. The van der Waals surface area contributed by atoms with E-state index in [9.17, 15) is 0 Å². The van der Waals surface area contributed by atoms with Crippen LogP contribution in [0.25, 0.3) is 0 Å². The first-order valence-electron chi connectivity index (χ1n) is 2.23. The molecule has 1 nitrogen and oxygen atoms in total. The first-order chi connectivity index (χ1) is 3.81. The summed E-state index contributed by atoms with van der Waals surface area (Å²) in [6.45, 7) is 4.00. The van der Waals surface area contributed by atoms with Crippen molar-refractivity contribution in [3.8, 4) is 0 Å². The molecule has 0 spiro atoms. The Balaban J connectivity index is 4.14. The monoisotopic (exact) mass is 355 g/mol. The van der Waals surface area contributed by atoms with E-state index in [0.29, 0.717) is 0 Å². The van der Waals surface area contributed by atoms with Crippen LogP contribution in [0.5, 0.6) is 0 Å². The molecule has 0 atom stereocenters. The van der Waals surface area contributed by atoms with Crippen LogP contribution in [0.2, 0.25) is 0 Å². The van der Waals surface area contributed by atoms with E-state index in [1.807, 2.05) is 13.8 Å². The fourth-order valence-electron chi connectivity index (χ4n) is 0.121. The second-order valence-corrected chi connectivity index (χ2v) is 7.69. The van der Waals surface area contributed by atoms with E-state index >= 15 is 0 Å². The second-order valence-electron chi connectivity index (χ2n) is 2.09. The molecule has 0 heterocycles. The summed E-state index contributed by atoms with van der Waals surface area (Å²) in [7, 11) is 0. The predicted octanol–water partition coefficient (Wildman–Crippen LogP) is 3.08. The zero-order chi connectivity index (χ0) is 7.71. The molecule has 0 aromatic rings. The van der Waals surface area contributed by atoms with Gasteiger partial charge in [-0.3, -0.25) is 0 Å². The van der Waals surface area contributed by atoms with Gasteiger partial charge in [0.15, 0.2) is 0 Å². The number of hydrogen-bond acceptors (Lipinski definition) is 1. The third-order valence-electron chi connectivity index (χ3n) is 0.820. The molecule has 0 aromatic carbocycles. The third-order valence-corrected chi connectivity index (χ3v) is 6.16. The molecule has 0 radical (unpaired) electrons. The third kappa shape index (κ3) is 3.34. The van der Waals surface area contributed by atoms with Gasteiger partial charge in [0, 0.05) is 0 Å². The van der Waals surface area contributed by atoms with Crippen LogP contribution in [0.1, 0.15) is 13.8 Å². The zero-order valence-electron chi connectivity index (χ0n) is 5.04. The molecule has 0 amide bonds. The van der Waals surface area contributed by atoms with Gasteiger partial charge in [-0.1, -0.05) is 0 Å². The van der Waals surface area contributed by atoms with E-state index in [1.165, 1.54) is 0 Å². The molecule has 0 fully saturated rings. The van der Waals surface area contributed by atoms with Crippen LogP contribution in [-0.2, 0) is 24.1 Å². The molecule has 0 saturated heterocycles. The summed E-state index contributed by atoms with van der Waals surface area (Å²) >= 11 is 11.8. The van der Waals surface area contributed by atoms with Crippen LogP contribution < -0.4 is 0 Å². The predicted molar refractivity (Wildman–Crippen MR) is 44.7 cm³/mol. The molecule has 0 aromatic heterocycles. The number of hydrogen-bond donors (Lipinski definition) is 0. The standard InChI is InChI=1S/C4H6Br3O.Ti/c1-3(2,5)4(6,7)8;/h1-2H3;/q-1;+1. The van der Waals surface area contributed by atoms with Crippen molar-refractivity contribution >= 4 is 47.8 Å². The fraction of sp³-hybridized carbons (Fsp3) is 1.00. The minimum atomic E-state index is -0.479. The molecule has 0 saturated carbocycles. The summed E-state index contributed by atoms with van der Waals surface area (Å²) < 4.78 is 4.48. The Morgan fingerprint density at radius 2 is 1.56 bits per heavy atom. The minimum absolute atomic E-state index is 0.130. The normalized spacial score (nSPS) is 13.8.